The Kier molecular flexibility index (Phi) is 9.23. The highest BCUT2D eigenvalue weighted by Gasteiger charge is 2.04. The number of aryl methyl sites for hydroxylation is 2. The first-order valence-electron chi connectivity index (χ1n) is 10.5. The highest BCUT2D eigenvalue weighted by molar-refractivity contribution is 5.79. The van der Waals surface area contributed by atoms with Gasteiger partial charge in [0.1, 0.15) is 0 Å². The molecule has 2 rings (SSSR count). The minimum absolute atomic E-state index is 0.136. The number of pyridine rings is 1. The van der Waals surface area contributed by atoms with E-state index in [9.17, 15) is 4.79 Å². The molecule has 1 aromatic heterocycles. The van der Waals surface area contributed by atoms with Crippen molar-refractivity contribution in [1.82, 2.24) is 4.57 Å². The molecule has 1 heterocycles. The Hall–Kier alpha value is -1.83. The Morgan fingerprint density at radius 3 is 2.31 bits per heavy atom. The summed E-state index contributed by atoms with van der Waals surface area (Å²) in [6.07, 6.45) is 18.7. The third-order valence-electron chi connectivity index (χ3n) is 5.22. The van der Waals surface area contributed by atoms with Crippen LogP contribution in [0.4, 0.5) is 0 Å². The van der Waals surface area contributed by atoms with E-state index in [4.69, 9.17) is 0 Å². The van der Waals surface area contributed by atoms with Crippen LogP contribution in [0.5, 0.6) is 0 Å². The lowest BCUT2D eigenvalue weighted by atomic mass is 10.1. The third kappa shape index (κ3) is 6.48. The molecule has 2 nitrogen and oxygen atoms in total. The van der Waals surface area contributed by atoms with Crippen molar-refractivity contribution in [2.45, 2.75) is 77.6 Å². The summed E-state index contributed by atoms with van der Waals surface area (Å²) in [7, 11) is 2.06. The number of aromatic nitrogens is 1. The van der Waals surface area contributed by atoms with Crippen LogP contribution < -0.4 is 5.43 Å². The molecular formula is C24H35NO. The zero-order valence-corrected chi connectivity index (χ0v) is 16.7. The number of rotatable bonds is 12. The molecule has 0 spiro atoms. The molecule has 26 heavy (non-hydrogen) atoms. The summed E-state index contributed by atoms with van der Waals surface area (Å²) in [5.41, 5.74) is 2.28. The fourth-order valence-corrected chi connectivity index (χ4v) is 3.56. The van der Waals surface area contributed by atoms with Crippen LogP contribution in [0.1, 0.15) is 76.8 Å². The number of benzene rings is 1. The number of allylic oxidation sites excluding steroid dienone is 2. The second kappa shape index (κ2) is 11.7. The van der Waals surface area contributed by atoms with E-state index >= 15 is 0 Å². The van der Waals surface area contributed by atoms with Gasteiger partial charge in [-0.1, -0.05) is 76.2 Å². The first kappa shape index (κ1) is 20.5. The Balaban J connectivity index is 1.67. The Bertz CT molecular complexity index is 741. The number of hydrogen-bond donors (Lipinski definition) is 0. The zero-order valence-electron chi connectivity index (χ0n) is 16.7. The SMILES string of the molecule is CCCCCCCCCC/C=C/CCc1cc(=O)c2ccccc2n1C. The standard InChI is InChI=1S/C24H35NO/c1-3-4-5-6-7-8-9-10-11-12-13-14-17-21-20-24(26)22-18-15-16-19-23(22)25(21)2/h12-13,15-16,18-20H,3-11,14,17H2,1-2H3/b13-12+. The molecule has 0 saturated heterocycles. The number of unbranched alkanes of at least 4 members (excludes halogenated alkanes) is 8. The van der Waals surface area contributed by atoms with Crippen molar-refractivity contribution in [3.8, 4) is 0 Å². The molecule has 0 fully saturated rings. The molecule has 0 saturated carbocycles. The van der Waals surface area contributed by atoms with E-state index in [-0.39, 0.29) is 5.43 Å². The van der Waals surface area contributed by atoms with Gasteiger partial charge in [0.25, 0.3) is 0 Å². The number of nitrogens with zero attached hydrogens (tertiary/aromatic N) is 1. The topological polar surface area (TPSA) is 22.0 Å². The molecule has 0 amide bonds. The molecule has 0 unspecified atom stereocenters. The van der Waals surface area contributed by atoms with Crippen molar-refractivity contribution in [2.24, 2.45) is 7.05 Å². The maximum Gasteiger partial charge on any atom is 0.189 e. The molecule has 1 aromatic carbocycles. The fraction of sp³-hybridized carbons (Fsp3) is 0.542. The van der Waals surface area contributed by atoms with E-state index in [0.717, 1.165) is 29.4 Å². The molecule has 2 aromatic rings. The van der Waals surface area contributed by atoms with E-state index in [1.807, 2.05) is 24.3 Å². The van der Waals surface area contributed by atoms with Crippen LogP contribution in [0.2, 0.25) is 0 Å². The van der Waals surface area contributed by atoms with Crippen LogP contribution in [-0.4, -0.2) is 4.57 Å². The van der Waals surface area contributed by atoms with E-state index in [1.54, 1.807) is 6.07 Å². The van der Waals surface area contributed by atoms with Crippen LogP contribution in [0, 0.1) is 0 Å². The molecule has 0 N–H and O–H groups in total. The first-order valence-corrected chi connectivity index (χ1v) is 10.5. The Morgan fingerprint density at radius 1 is 0.885 bits per heavy atom. The maximum atomic E-state index is 12.2. The maximum absolute atomic E-state index is 12.2. The highest BCUT2D eigenvalue weighted by Crippen LogP contribution is 2.13. The Morgan fingerprint density at radius 2 is 1.54 bits per heavy atom. The van der Waals surface area contributed by atoms with Gasteiger partial charge in [-0.2, -0.15) is 0 Å². The quantitative estimate of drug-likeness (QED) is 0.313. The van der Waals surface area contributed by atoms with Gasteiger partial charge in [0, 0.05) is 24.2 Å². The van der Waals surface area contributed by atoms with Crippen molar-refractivity contribution < 1.29 is 0 Å². The summed E-state index contributed by atoms with van der Waals surface area (Å²) >= 11 is 0. The van der Waals surface area contributed by atoms with Crippen LogP contribution in [0.25, 0.3) is 10.9 Å². The third-order valence-corrected chi connectivity index (χ3v) is 5.22. The van der Waals surface area contributed by atoms with Crippen molar-refractivity contribution in [1.29, 1.82) is 0 Å². The van der Waals surface area contributed by atoms with Gasteiger partial charge in [0.05, 0.1) is 5.52 Å². The van der Waals surface area contributed by atoms with Crippen LogP contribution in [0.15, 0.2) is 47.3 Å². The van der Waals surface area contributed by atoms with Crippen molar-refractivity contribution >= 4 is 10.9 Å². The Labute approximate surface area is 158 Å². The van der Waals surface area contributed by atoms with Gasteiger partial charge in [-0.15, -0.1) is 0 Å². The predicted molar refractivity (Wildman–Crippen MR) is 114 cm³/mol. The van der Waals surface area contributed by atoms with E-state index in [1.165, 1.54) is 57.8 Å². The second-order valence-electron chi connectivity index (χ2n) is 7.35. The summed E-state index contributed by atoms with van der Waals surface area (Å²) in [5, 5.41) is 0.809. The van der Waals surface area contributed by atoms with Crippen molar-refractivity contribution in [3.63, 3.8) is 0 Å². The average Bonchev–Trinajstić information content (AvgIpc) is 2.66. The van der Waals surface area contributed by atoms with Gasteiger partial charge in [-0.3, -0.25) is 4.79 Å². The normalized spacial score (nSPS) is 11.6. The summed E-state index contributed by atoms with van der Waals surface area (Å²) in [4.78, 5) is 12.2. The molecule has 0 bridgehead atoms. The molecule has 0 aliphatic heterocycles. The molecule has 0 aliphatic carbocycles. The monoisotopic (exact) mass is 353 g/mol. The van der Waals surface area contributed by atoms with Crippen LogP contribution in [-0.2, 0) is 13.5 Å². The second-order valence-corrected chi connectivity index (χ2v) is 7.35. The fourth-order valence-electron chi connectivity index (χ4n) is 3.56. The highest BCUT2D eigenvalue weighted by atomic mass is 16.1. The molecule has 0 radical (unpaired) electrons. The lowest BCUT2D eigenvalue weighted by Gasteiger charge is -2.11. The smallest absolute Gasteiger partial charge is 0.189 e. The summed E-state index contributed by atoms with van der Waals surface area (Å²) in [6, 6.07) is 9.66. The molecular weight excluding hydrogens is 318 g/mol. The minimum atomic E-state index is 0.136. The van der Waals surface area contributed by atoms with Gasteiger partial charge < -0.3 is 4.57 Å². The summed E-state index contributed by atoms with van der Waals surface area (Å²) in [5.74, 6) is 0. The minimum Gasteiger partial charge on any atom is -0.347 e. The molecule has 2 heteroatoms. The summed E-state index contributed by atoms with van der Waals surface area (Å²) in [6.45, 7) is 2.27. The summed E-state index contributed by atoms with van der Waals surface area (Å²) < 4.78 is 2.16. The van der Waals surface area contributed by atoms with Crippen molar-refractivity contribution in [2.75, 3.05) is 0 Å². The molecule has 0 aliphatic rings. The van der Waals surface area contributed by atoms with Gasteiger partial charge >= 0.3 is 0 Å². The van der Waals surface area contributed by atoms with Crippen LogP contribution in [0.3, 0.4) is 0 Å². The lowest BCUT2D eigenvalue weighted by molar-refractivity contribution is 0.577. The van der Waals surface area contributed by atoms with Gasteiger partial charge in [0.2, 0.25) is 0 Å². The molecule has 0 atom stereocenters. The van der Waals surface area contributed by atoms with E-state index < -0.39 is 0 Å². The largest absolute Gasteiger partial charge is 0.347 e. The van der Waals surface area contributed by atoms with Gasteiger partial charge in [0.15, 0.2) is 5.43 Å². The van der Waals surface area contributed by atoms with Gasteiger partial charge in [-0.25, -0.2) is 0 Å². The first-order chi connectivity index (χ1) is 12.7. The molecule has 142 valence electrons. The zero-order chi connectivity index (χ0) is 18.6. The van der Waals surface area contributed by atoms with E-state index in [2.05, 4.69) is 30.7 Å². The van der Waals surface area contributed by atoms with Crippen LogP contribution >= 0.6 is 0 Å². The van der Waals surface area contributed by atoms with Crippen molar-refractivity contribution in [3.05, 3.63) is 58.4 Å². The number of para-hydroxylation sites is 1. The number of hydrogen-bond acceptors (Lipinski definition) is 1. The lowest BCUT2D eigenvalue weighted by Crippen LogP contribution is -2.11. The number of fused-ring (bicyclic) bond motifs is 1. The average molecular weight is 354 g/mol. The van der Waals surface area contributed by atoms with Gasteiger partial charge in [-0.05, 0) is 37.8 Å². The van der Waals surface area contributed by atoms with E-state index in [0.29, 0.717) is 0 Å². The predicted octanol–water partition coefficient (Wildman–Crippen LogP) is 6.56.